The molecule has 3 heteroatoms. The molecule has 0 saturated carbocycles. The lowest BCUT2D eigenvalue weighted by molar-refractivity contribution is -0.108. The van der Waals surface area contributed by atoms with Gasteiger partial charge in [0.15, 0.2) is 0 Å². The molecule has 0 aliphatic heterocycles. The Balaban J connectivity index is 2.40. The largest absolute Gasteiger partial charge is 0.303 e. The predicted molar refractivity (Wildman–Crippen MR) is 70.9 cm³/mol. The number of carbonyl (C=O) groups is 1. The number of rotatable bonds is 4. The molecule has 0 amide bonds. The minimum Gasteiger partial charge on any atom is -0.303 e. The maximum absolute atomic E-state index is 13.7. The lowest BCUT2D eigenvalue weighted by Crippen LogP contribution is -1.98. The molecule has 2 aromatic rings. The van der Waals surface area contributed by atoms with Gasteiger partial charge >= 0.3 is 0 Å². The Morgan fingerprint density at radius 1 is 1.05 bits per heavy atom. The highest BCUT2D eigenvalue weighted by atomic mass is 19.1. The van der Waals surface area contributed by atoms with Crippen molar-refractivity contribution in [2.75, 3.05) is 0 Å². The molecule has 0 aliphatic rings. The van der Waals surface area contributed by atoms with Gasteiger partial charge in [-0.05, 0) is 46.9 Å². The van der Waals surface area contributed by atoms with Gasteiger partial charge in [0.05, 0.1) is 0 Å². The highest BCUT2D eigenvalue weighted by Crippen LogP contribution is 2.27. The molecule has 0 heterocycles. The third-order valence-corrected chi connectivity index (χ3v) is 3.15. The van der Waals surface area contributed by atoms with Gasteiger partial charge in [-0.15, -0.1) is 0 Å². The Bertz CT molecular complexity index is 576. The van der Waals surface area contributed by atoms with Crippen LogP contribution >= 0.6 is 0 Å². The Morgan fingerprint density at radius 3 is 2.32 bits per heavy atom. The van der Waals surface area contributed by atoms with E-state index in [1.54, 1.807) is 31.2 Å². The molecule has 0 bridgehead atoms. The fraction of sp³-hybridized carbons (Fsp3) is 0.188. The molecule has 98 valence electrons. The highest BCUT2D eigenvalue weighted by Gasteiger charge is 2.12. The van der Waals surface area contributed by atoms with Crippen molar-refractivity contribution < 1.29 is 13.6 Å². The third-order valence-electron chi connectivity index (χ3n) is 3.15. The zero-order valence-corrected chi connectivity index (χ0v) is 10.6. The highest BCUT2D eigenvalue weighted by molar-refractivity contribution is 5.64. The Hall–Kier alpha value is -2.03. The zero-order chi connectivity index (χ0) is 13.8. The number of hydrogen-bond acceptors (Lipinski definition) is 1. The topological polar surface area (TPSA) is 17.1 Å². The zero-order valence-electron chi connectivity index (χ0n) is 10.6. The fourth-order valence-corrected chi connectivity index (χ4v) is 2.01. The van der Waals surface area contributed by atoms with E-state index in [0.29, 0.717) is 5.56 Å². The van der Waals surface area contributed by atoms with E-state index in [0.717, 1.165) is 17.4 Å². The molecule has 0 saturated heterocycles. The maximum Gasteiger partial charge on any atom is 0.126 e. The number of halogens is 2. The molecule has 1 atom stereocenters. The first-order valence-electron chi connectivity index (χ1n) is 6.11. The number of carbonyl (C=O) groups excluding carboxylic acids is 1. The second kappa shape index (κ2) is 5.74. The lowest BCUT2D eigenvalue weighted by Gasteiger charge is -2.12. The van der Waals surface area contributed by atoms with Gasteiger partial charge in [0.25, 0.3) is 0 Å². The van der Waals surface area contributed by atoms with Crippen LogP contribution in [0.1, 0.15) is 24.8 Å². The smallest absolute Gasteiger partial charge is 0.126 e. The minimum atomic E-state index is -0.319. The summed E-state index contributed by atoms with van der Waals surface area (Å²) in [5, 5.41) is 0. The summed E-state index contributed by atoms with van der Waals surface area (Å²) < 4.78 is 26.6. The summed E-state index contributed by atoms with van der Waals surface area (Å²) in [4.78, 5) is 10.5. The monoisotopic (exact) mass is 260 g/mol. The van der Waals surface area contributed by atoms with Crippen LogP contribution in [0.5, 0.6) is 0 Å². The van der Waals surface area contributed by atoms with Crippen LogP contribution in [-0.4, -0.2) is 6.29 Å². The van der Waals surface area contributed by atoms with Crippen LogP contribution in [0.4, 0.5) is 8.78 Å². The third kappa shape index (κ3) is 3.05. The summed E-state index contributed by atoms with van der Waals surface area (Å²) in [6.45, 7) is 1.81. The van der Waals surface area contributed by atoms with E-state index < -0.39 is 0 Å². The lowest BCUT2D eigenvalue weighted by atomic mass is 9.94. The van der Waals surface area contributed by atoms with Gasteiger partial charge < -0.3 is 4.79 Å². The molecule has 2 aromatic carbocycles. The normalized spacial score (nSPS) is 12.2. The molecule has 19 heavy (non-hydrogen) atoms. The van der Waals surface area contributed by atoms with E-state index in [-0.39, 0.29) is 24.0 Å². The van der Waals surface area contributed by atoms with Crippen LogP contribution in [0.25, 0.3) is 11.1 Å². The van der Waals surface area contributed by atoms with Gasteiger partial charge in [-0.25, -0.2) is 8.78 Å². The maximum atomic E-state index is 13.7. The molecule has 0 fully saturated rings. The van der Waals surface area contributed by atoms with Gasteiger partial charge in [-0.1, -0.05) is 25.1 Å². The number of aldehydes is 1. The molecule has 0 N–H and O–H groups in total. The Labute approximate surface area is 110 Å². The van der Waals surface area contributed by atoms with Gasteiger partial charge in [-0.3, -0.25) is 0 Å². The van der Waals surface area contributed by atoms with E-state index in [1.807, 2.05) is 0 Å². The van der Waals surface area contributed by atoms with Crippen molar-refractivity contribution in [3.8, 4) is 11.1 Å². The Kier molecular flexibility index (Phi) is 4.05. The van der Waals surface area contributed by atoms with Gasteiger partial charge in [0.2, 0.25) is 0 Å². The van der Waals surface area contributed by atoms with Crippen molar-refractivity contribution in [2.45, 2.75) is 19.3 Å². The summed E-state index contributed by atoms with van der Waals surface area (Å²) in [7, 11) is 0. The second-order valence-corrected chi connectivity index (χ2v) is 4.55. The first-order chi connectivity index (χ1) is 9.11. The SMILES string of the molecule is CC(CC=O)c1cc(-c2ccc(F)cc2)ccc1F. The van der Waals surface area contributed by atoms with Gasteiger partial charge in [0.1, 0.15) is 17.9 Å². The molecule has 1 nitrogen and oxygen atoms in total. The van der Waals surface area contributed by atoms with E-state index in [1.165, 1.54) is 18.2 Å². The average Bonchev–Trinajstić information content (AvgIpc) is 2.40. The average molecular weight is 260 g/mol. The van der Waals surface area contributed by atoms with Gasteiger partial charge in [-0.2, -0.15) is 0 Å². The van der Waals surface area contributed by atoms with Crippen molar-refractivity contribution in [1.29, 1.82) is 0 Å². The van der Waals surface area contributed by atoms with Crippen molar-refractivity contribution >= 4 is 6.29 Å². The molecular weight excluding hydrogens is 246 g/mol. The molecule has 0 aliphatic carbocycles. The summed E-state index contributed by atoms with van der Waals surface area (Å²) in [6, 6.07) is 10.8. The first-order valence-corrected chi connectivity index (χ1v) is 6.11. The van der Waals surface area contributed by atoms with Crippen LogP contribution in [0.15, 0.2) is 42.5 Å². The quantitative estimate of drug-likeness (QED) is 0.748. The van der Waals surface area contributed by atoms with Crippen molar-refractivity contribution in [2.24, 2.45) is 0 Å². The molecule has 2 rings (SSSR count). The van der Waals surface area contributed by atoms with E-state index >= 15 is 0 Å². The molecule has 0 radical (unpaired) electrons. The summed E-state index contributed by atoms with van der Waals surface area (Å²) in [5.41, 5.74) is 2.14. The number of benzene rings is 2. The standard InChI is InChI=1S/C16H14F2O/c1-11(8-9-19)15-10-13(4-7-16(15)18)12-2-5-14(17)6-3-12/h2-7,9-11H,8H2,1H3. The number of hydrogen-bond donors (Lipinski definition) is 0. The van der Waals surface area contributed by atoms with E-state index in [2.05, 4.69) is 0 Å². The van der Waals surface area contributed by atoms with Crippen LogP contribution < -0.4 is 0 Å². The molecule has 0 aromatic heterocycles. The van der Waals surface area contributed by atoms with Crippen molar-refractivity contribution in [3.05, 3.63) is 59.7 Å². The van der Waals surface area contributed by atoms with Crippen LogP contribution in [0.3, 0.4) is 0 Å². The summed E-state index contributed by atoms with van der Waals surface area (Å²) >= 11 is 0. The summed E-state index contributed by atoms with van der Waals surface area (Å²) in [6.07, 6.45) is 1.07. The van der Waals surface area contributed by atoms with Crippen LogP contribution in [0, 0.1) is 11.6 Å². The van der Waals surface area contributed by atoms with E-state index in [4.69, 9.17) is 0 Å². The van der Waals surface area contributed by atoms with Crippen molar-refractivity contribution in [3.63, 3.8) is 0 Å². The minimum absolute atomic E-state index is 0.169. The predicted octanol–water partition coefficient (Wildman–Crippen LogP) is 4.32. The van der Waals surface area contributed by atoms with Crippen LogP contribution in [-0.2, 0) is 4.79 Å². The summed E-state index contributed by atoms with van der Waals surface area (Å²) in [5.74, 6) is -0.793. The fourth-order valence-electron chi connectivity index (χ4n) is 2.01. The first kappa shape index (κ1) is 13.4. The molecular formula is C16H14F2O. The van der Waals surface area contributed by atoms with E-state index in [9.17, 15) is 13.6 Å². The van der Waals surface area contributed by atoms with Crippen LogP contribution in [0.2, 0.25) is 0 Å². The van der Waals surface area contributed by atoms with Crippen molar-refractivity contribution in [1.82, 2.24) is 0 Å². The van der Waals surface area contributed by atoms with Gasteiger partial charge in [0, 0.05) is 6.42 Å². The molecule has 1 unspecified atom stereocenters. The second-order valence-electron chi connectivity index (χ2n) is 4.55. The Morgan fingerprint density at radius 2 is 1.68 bits per heavy atom. The molecule has 0 spiro atoms.